The van der Waals surface area contributed by atoms with Gasteiger partial charge in [-0.15, -0.1) is 10.2 Å². The largest absolute Gasteiger partial charge is 0.354 e. The highest BCUT2D eigenvalue weighted by molar-refractivity contribution is 7.88. The van der Waals surface area contributed by atoms with E-state index in [2.05, 4.69) is 15.1 Å². The standard InChI is InChI=1S/C15H22ClN5O3S/c1-25(23,24)21-9-7-19(8-10-21)15(22)12-3-2-6-20(11-12)14-5-4-13(16)17-18-14/h4-5,12H,2-3,6-11H2,1H3/t12-/m1/s1. The minimum atomic E-state index is -3.19. The molecule has 0 aromatic carbocycles. The Kier molecular flexibility index (Phi) is 5.45. The van der Waals surface area contributed by atoms with Crippen LogP contribution in [0.2, 0.25) is 5.15 Å². The van der Waals surface area contributed by atoms with Gasteiger partial charge in [0.15, 0.2) is 11.0 Å². The molecule has 0 radical (unpaired) electrons. The molecule has 0 N–H and O–H groups in total. The minimum Gasteiger partial charge on any atom is -0.354 e. The summed E-state index contributed by atoms with van der Waals surface area (Å²) in [6, 6.07) is 3.51. The number of carbonyl (C=O) groups excluding carboxylic acids is 1. The number of piperazine rings is 1. The Labute approximate surface area is 152 Å². The fourth-order valence-electron chi connectivity index (χ4n) is 3.36. The van der Waals surface area contributed by atoms with Gasteiger partial charge in [0, 0.05) is 39.3 Å². The fraction of sp³-hybridized carbons (Fsp3) is 0.667. The molecule has 2 fully saturated rings. The highest BCUT2D eigenvalue weighted by Crippen LogP contribution is 2.24. The molecular formula is C15H22ClN5O3S. The van der Waals surface area contributed by atoms with Crippen LogP contribution in [0.15, 0.2) is 12.1 Å². The van der Waals surface area contributed by atoms with Gasteiger partial charge in [0.25, 0.3) is 0 Å². The Morgan fingerprint density at radius 3 is 2.48 bits per heavy atom. The predicted octanol–water partition coefficient (Wildman–Crippen LogP) is 0.450. The first-order valence-corrected chi connectivity index (χ1v) is 10.6. The lowest BCUT2D eigenvalue weighted by Crippen LogP contribution is -2.53. The van der Waals surface area contributed by atoms with Crippen LogP contribution >= 0.6 is 11.6 Å². The van der Waals surface area contributed by atoms with Crippen LogP contribution in [-0.2, 0) is 14.8 Å². The van der Waals surface area contributed by atoms with Gasteiger partial charge in [0.1, 0.15) is 0 Å². The smallest absolute Gasteiger partial charge is 0.227 e. The predicted molar refractivity (Wildman–Crippen MR) is 95.0 cm³/mol. The maximum Gasteiger partial charge on any atom is 0.227 e. The van der Waals surface area contributed by atoms with Crippen molar-refractivity contribution in [1.82, 2.24) is 19.4 Å². The first-order valence-electron chi connectivity index (χ1n) is 8.32. The van der Waals surface area contributed by atoms with E-state index < -0.39 is 10.0 Å². The van der Waals surface area contributed by atoms with Crippen molar-refractivity contribution in [2.75, 3.05) is 50.4 Å². The Hall–Kier alpha value is -1.45. The third-order valence-electron chi connectivity index (χ3n) is 4.73. The van der Waals surface area contributed by atoms with Gasteiger partial charge >= 0.3 is 0 Å². The monoisotopic (exact) mass is 387 g/mol. The van der Waals surface area contributed by atoms with Crippen molar-refractivity contribution < 1.29 is 13.2 Å². The summed E-state index contributed by atoms with van der Waals surface area (Å²) < 4.78 is 24.6. The highest BCUT2D eigenvalue weighted by Gasteiger charge is 2.33. The van der Waals surface area contributed by atoms with Crippen LogP contribution in [0.25, 0.3) is 0 Å². The molecule has 3 heterocycles. The molecule has 0 saturated carbocycles. The van der Waals surface area contributed by atoms with Gasteiger partial charge in [-0.2, -0.15) is 4.31 Å². The van der Waals surface area contributed by atoms with Crippen molar-refractivity contribution in [3.63, 3.8) is 0 Å². The van der Waals surface area contributed by atoms with Crippen molar-refractivity contribution in [1.29, 1.82) is 0 Å². The van der Waals surface area contributed by atoms with Crippen molar-refractivity contribution in [3.05, 3.63) is 17.3 Å². The van der Waals surface area contributed by atoms with Gasteiger partial charge in [0.05, 0.1) is 12.2 Å². The second kappa shape index (κ2) is 7.43. The van der Waals surface area contributed by atoms with Crippen molar-refractivity contribution in [2.24, 2.45) is 5.92 Å². The lowest BCUT2D eigenvalue weighted by Gasteiger charge is -2.38. The highest BCUT2D eigenvalue weighted by atomic mass is 35.5. The number of sulfonamides is 1. The lowest BCUT2D eigenvalue weighted by atomic mass is 9.96. The van der Waals surface area contributed by atoms with E-state index >= 15 is 0 Å². The van der Waals surface area contributed by atoms with Gasteiger partial charge in [-0.05, 0) is 25.0 Å². The van der Waals surface area contributed by atoms with Crippen LogP contribution in [0.1, 0.15) is 12.8 Å². The van der Waals surface area contributed by atoms with E-state index in [-0.39, 0.29) is 11.8 Å². The number of hydrogen-bond acceptors (Lipinski definition) is 6. The number of anilines is 1. The normalized spacial score (nSPS) is 22.9. The molecule has 0 aliphatic carbocycles. The topological polar surface area (TPSA) is 86.7 Å². The summed E-state index contributed by atoms with van der Waals surface area (Å²) in [4.78, 5) is 16.7. The number of piperidine rings is 1. The van der Waals surface area contributed by atoms with Crippen LogP contribution in [-0.4, -0.2) is 79.3 Å². The summed E-state index contributed by atoms with van der Waals surface area (Å²) in [5, 5.41) is 8.30. The zero-order chi connectivity index (χ0) is 18.0. The van der Waals surface area contributed by atoms with Gasteiger partial charge < -0.3 is 9.80 Å². The molecule has 138 valence electrons. The second-order valence-corrected chi connectivity index (χ2v) is 8.86. The molecule has 0 unspecified atom stereocenters. The number of amides is 1. The molecule has 8 nitrogen and oxygen atoms in total. The molecule has 1 atom stereocenters. The number of halogens is 1. The zero-order valence-electron chi connectivity index (χ0n) is 14.1. The van der Waals surface area contributed by atoms with E-state index in [1.807, 2.05) is 6.07 Å². The molecule has 0 bridgehead atoms. The number of aromatic nitrogens is 2. The van der Waals surface area contributed by atoms with Crippen LogP contribution in [0.5, 0.6) is 0 Å². The molecule has 2 aliphatic rings. The van der Waals surface area contributed by atoms with Crippen molar-refractivity contribution >= 4 is 33.3 Å². The molecule has 0 spiro atoms. The molecule has 1 amide bonds. The van der Waals surface area contributed by atoms with E-state index in [4.69, 9.17) is 11.6 Å². The van der Waals surface area contributed by atoms with Crippen LogP contribution in [0.3, 0.4) is 0 Å². The summed E-state index contributed by atoms with van der Waals surface area (Å²) in [5.74, 6) is 0.722. The maximum atomic E-state index is 12.8. The van der Waals surface area contributed by atoms with Crippen LogP contribution < -0.4 is 4.90 Å². The maximum absolute atomic E-state index is 12.8. The Morgan fingerprint density at radius 2 is 1.88 bits per heavy atom. The van der Waals surface area contributed by atoms with Crippen LogP contribution in [0.4, 0.5) is 5.82 Å². The first kappa shape index (κ1) is 18.3. The number of nitrogens with zero attached hydrogens (tertiary/aromatic N) is 5. The van der Waals surface area contributed by atoms with E-state index in [1.165, 1.54) is 10.6 Å². The van der Waals surface area contributed by atoms with Gasteiger partial charge in [-0.3, -0.25) is 4.79 Å². The Balaban J connectivity index is 1.60. The lowest BCUT2D eigenvalue weighted by molar-refractivity contribution is -0.137. The Bertz CT molecular complexity index is 719. The molecule has 25 heavy (non-hydrogen) atoms. The minimum absolute atomic E-state index is 0.0970. The number of hydrogen-bond donors (Lipinski definition) is 0. The van der Waals surface area contributed by atoms with Crippen LogP contribution in [0, 0.1) is 5.92 Å². The molecule has 1 aromatic rings. The van der Waals surface area contributed by atoms with Crippen molar-refractivity contribution in [3.8, 4) is 0 Å². The van der Waals surface area contributed by atoms with E-state index in [1.54, 1.807) is 11.0 Å². The summed E-state index contributed by atoms with van der Waals surface area (Å²) in [6.45, 7) is 3.06. The molecular weight excluding hydrogens is 366 g/mol. The first-order chi connectivity index (χ1) is 11.8. The van der Waals surface area contributed by atoms with E-state index in [9.17, 15) is 13.2 Å². The number of carbonyl (C=O) groups is 1. The SMILES string of the molecule is CS(=O)(=O)N1CCN(C(=O)[C@@H]2CCCN(c3ccc(Cl)nn3)C2)CC1. The second-order valence-electron chi connectivity index (χ2n) is 6.49. The third kappa shape index (κ3) is 4.39. The third-order valence-corrected chi connectivity index (χ3v) is 6.24. The summed E-state index contributed by atoms with van der Waals surface area (Å²) >= 11 is 5.78. The molecule has 2 aliphatic heterocycles. The zero-order valence-corrected chi connectivity index (χ0v) is 15.7. The van der Waals surface area contributed by atoms with Gasteiger partial charge in [0.2, 0.25) is 15.9 Å². The molecule has 10 heteroatoms. The molecule has 3 rings (SSSR count). The van der Waals surface area contributed by atoms with E-state index in [0.29, 0.717) is 37.9 Å². The molecule has 1 aromatic heterocycles. The fourth-order valence-corrected chi connectivity index (χ4v) is 4.29. The summed E-state index contributed by atoms with van der Waals surface area (Å²) in [7, 11) is -3.19. The summed E-state index contributed by atoms with van der Waals surface area (Å²) in [6.07, 6.45) is 2.95. The van der Waals surface area contributed by atoms with E-state index in [0.717, 1.165) is 25.2 Å². The Morgan fingerprint density at radius 1 is 1.16 bits per heavy atom. The van der Waals surface area contributed by atoms with Crippen molar-refractivity contribution in [2.45, 2.75) is 12.8 Å². The molecule has 2 saturated heterocycles. The van der Waals surface area contributed by atoms with Gasteiger partial charge in [-0.25, -0.2) is 8.42 Å². The quantitative estimate of drug-likeness (QED) is 0.748. The average Bonchev–Trinajstić information content (AvgIpc) is 2.61. The average molecular weight is 388 g/mol. The van der Waals surface area contributed by atoms with Gasteiger partial charge in [-0.1, -0.05) is 11.6 Å². The summed E-state index contributed by atoms with van der Waals surface area (Å²) in [5.41, 5.74) is 0. The number of rotatable bonds is 3.